The molecule has 0 atom stereocenters. The minimum atomic E-state index is -0.255. The van der Waals surface area contributed by atoms with Gasteiger partial charge in [-0.05, 0) is 76.2 Å². The van der Waals surface area contributed by atoms with Crippen molar-refractivity contribution in [2.45, 2.75) is 19.3 Å². The van der Waals surface area contributed by atoms with E-state index in [0.717, 1.165) is 22.3 Å². The molecule has 0 aliphatic carbocycles. The highest BCUT2D eigenvalue weighted by Gasteiger charge is 2.09. The molecule has 4 aromatic rings. The van der Waals surface area contributed by atoms with Gasteiger partial charge in [-0.1, -0.05) is 48.5 Å². The average molecular weight is 414 g/mol. The number of benzene rings is 4. The van der Waals surface area contributed by atoms with Crippen LogP contribution in [-0.2, 0) is 19.3 Å². The summed E-state index contributed by atoms with van der Waals surface area (Å²) in [6, 6.07) is 25.3. The number of hydrogen-bond acceptors (Lipinski definition) is 2. The zero-order chi connectivity index (χ0) is 21.8. The van der Waals surface area contributed by atoms with Crippen LogP contribution in [0.5, 0.6) is 0 Å². The predicted molar refractivity (Wildman–Crippen MR) is 123 cm³/mol. The maximum Gasteiger partial charge on any atom is 0.127 e. The van der Waals surface area contributed by atoms with Crippen LogP contribution in [0.2, 0.25) is 0 Å². The van der Waals surface area contributed by atoms with Gasteiger partial charge >= 0.3 is 0 Å². The fraction of sp³-hybridized carbons (Fsp3) is 0.111. The van der Waals surface area contributed by atoms with Crippen molar-refractivity contribution in [3.05, 3.63) is 130 Å². The first-order valence-corrected chi connectivity index (χ1v) is 10.2. The van der Waals surface area contributed by atoms with Crippen LogP contribution in [-0.4, -0.2) is 0 Å². The topological polar surface area (TPSA) is 52.0 Å². The molecule has 0 unspecified atom stereocenters. The number of hydrogen-bond donors (Lipinski definition) is 2. The molecule has 0 saturated carbocycles. The fourth-order valence-electron chi connectivity index (χ4n) is 3.63. The molecule has 0 saturated heterocycles. The molecule has 0 bridgehead atoms. The van der Waals surface area contributed by atoms with Crippen LogP contribution in [0.3, 0.4) is 0 Å². The number of nitrogen functional groups attached to an aromatic ring is 2. The minimum absolute atomic E-state index is 0.255. The highest BCUT2D eigenvalue weighted by atomic mass is 19.1. The predicted octanol–water partition coefficient (Wildman–Crippen LogP) is 5.90. The van der Waals surface area contributed by atoms with Crippen LogP contribution in [0.4, 0.5) is 20.2 Å². The Hall–Kier alpha value is -3.66. The molecule has 4 N–H and O–H groups in total. The lowest BCUT2D eigenvalue weighted by molar-refractivity contribution is 0.610. The molecule has 0 fully saturated rings. The van der Waals surface area contributed by atoms with Gasteiger partial charge in [-0.15, -0.1) is 0 Å². The smallest absolute Gasteiger partial charge is 0.127 e. The fourth-order valence-corrected chi connectivity index (χ4v) is 3.63. The lowest BCUT2D eigenvalue weighted by atomic mass is 9.97. The third kappa shape index (κ3) is 5.28. The van der Waals surface area contributed by atoms with Gasteiger partial charge in [-0.3, -0.25) is 0 Å². The molecule has 0 aromatic heterocycles. The molecule has 156 valence electrons. The largest absolute Gasteiger partial charge is 0.399 e. The van der Waals surface area contributed by atoms with Gasteiger partial charge in [0, 0.05) is 24.2 Å². The molecule has 0 spiro atoms. The second-order valence-corrected chi connectivity index (χ2v) is 7.87. The Morgan fingerprint density at radius 3 is 1.16 bits per heavy atom. The summed E-state index contributed by atoms with van der Waals surface area (Å²) in [5, 5.41) is 0. The van der Waals surface area contributed by atoms with Crippen LogP contribution in [0.1, 0.15) is 33.4 Å². The first kappa shape index (κ1) is 20.6. The van der Waals surface area contributed by atoms with Crippen LogP contribution in [0, 0.1) is 11.6 Å². The molecular weight excluding hydrogens is 390 g/mol. The third-order valence-electron chi connectivity index (χ3n) is 5.39. The van der Waals surface area contributed by atoms with Crippen LogP contribution < -0.4 is 11.5 Å². The maximum atomic E-state index is 14.6. The second kappa shape index (κ2) is 9.00. The number of nitrogens with two attached hydrogens (primary N) is 2. The van der Waals surface area contributed by atoms with Gasteiger partial charge in [-0.2, -0.15) is 0 Å². The van der Waals surface area contributed by atoms with E-state index < -0.39 is 0 Å². The van der Waals surface area contributed by atoms with E-state index in [0.29, 0.717) is 41.8 Å². The summed E-state index contributed by atoms with van der Waals surface area (Å²) in [7, 11) is 0. The number of rotatable bonds is 6. The van der Waals surface area contributed by atoms with Crippen molar-refractivity contribution >= 4 is 11.4 Å². The average Bonchev–Trinajstić information content (AvgIpc) is 2.75. The first-order chi connectivity index (χ1) is 15.0. The van der Waals surface area contributed by atoms with Crippen molar-refractivity contribution in [2.24, 2.45) is 0 Å². The molecule has 31 heavy (non-hydrogen) atoms. The van der Waals surface area contributed by atoms with Crippen molar-refractivity contribution < 1.29 is 8.78 Å². The number of halogens is 2. The lowest BCUT2D eigenvalue weighted by Crippen LogP contribution is -1.98. The van der Waals surface area contributed by atoms with Crippen molar-refractivity contribution in [3.63, 3.8) is 0 Å². The Bertz CT molecular complexity index is 1090. The van der Waals surface area contributed by atoms with Gasteiger partial charge in [0.25, 0.3) is 0 Å². The van der Waals surface area contributed by atoms with Crippen molar-refractivity contribution in [3.8, 4) is 0 Å². The number of anilines is 2. The molecule has 0 amide bonds. The maximum absolute atomic E-state index is 14.6. The Kier molecular flexibility index (Phi) is 5.99. The summed E-state index contributed by atoms with van der Waals surface area (Å²) in [5.74, 6) is -0.510. The summed E-state index contributed by atoms with van der Waals surface area (Å²) < 4.78 is 29.2. The van der Waals surface area contributed by atoms with Crippen LogP contribution in [0.25, 0.3) is 0 Å². The van der Waals surface area contributed by atoms with Gasteiger partial charge in [0.05, 0.1) is 0 Å². The van der Waals surface area contributed by atoms with Gasteiger partial charge < -0.3 is 11.5 Å². The van der Waals surface area contributed by atoms with E-state index in [2.05, 4.69) is 0 Å². The van der Waals surface area contributed by atoms with E-state index in [1.165, 1.54) is 12.1 Å². The SMILES string of the molecule is Nc1ccc(Cc2ccc(Cc3ccc(Cc4ccc(N)cc4)c(F)c3)cc2F)cc1. The van der Waals surface area contributed by atoms with E-state index in [1.54, 1.807) is 12.1 Å². The van der Waals surface area contributed by atoms with Gasteiger partial charge in [-0.25, -0.2) is 8.78 Å². The Labute approximate surface area is 181 Å². The zero-order valence-corrected chi connectivity index (χ0v) is 17.1. The van der Waals surface area contributed by atoms with Crippen molar-refractivity contribution in [1.82, 2.24) is 0 Å². The van der Waals surface area contributed by atoms with E-state index in [4.69, 9.17) is 11.5 Å². The summed E-state index contributed by atoms with van der Waals surface area (Å²) in [6.45, 7) is 0. The van der Waals surface area contributed by atoms with E-state index in [-0.39, 0.29) is 11.6 Å². The van der Waals surface area contributed by atoms with Gasteiger partial charge in [0.1, 0.15) is 11.6 Å². The highest BCUT2D eigenvalue weighted by molar-refractivity contribution is 5.42. The zero-order valence-electron chi connectivity index (χ0n) is 17.1. The molecule has 0 aliphatic rings. The summed E-state index contributed by atoms with van der Waals surface area (Å²) in [4.78, 5) is 0. The van der Waals surface area contributed by atoms with E-state index in [1.807, 2.05) is 60.7 Å². The molecule has 4 heteroatoms. The molecular formula is C27H24F2N2. The van der Waals surface area contributed by atoms with Crippen LogP contribution in [0.15, 0.2) is 84.9 Å². The minimum Gasteiger partial charge on any atom is -0.399 e. The van der Waals surface area contributed by atoms with E-state index >= 15 is 0 Å². The first-order valence-electron chi connectivity index (χ1n) is 10.2. The lowest BCUT2D eigenvalue weighted by Gasteiger charge is -2.09. The highest BCUT2D eigenvalue weighted by Crippen LogP contribution is 2.21. The van der Waals surface area contributed by atoms with E-state index in [9.17, 15) is 8.78 Å². The summed E-state index contributed by atoms with van der Waals surface area (Å²) >= 11 is 0. The molecule has 4 aromatic carbocycles. The standard InChI is InChI=1S/C27H24F2N2/c28-26-16-20(1-7-22(26)14-18-3-9-24(30)10-4-18)13-21-2-8-23(27(29)17-21)15-19-5-11-25(31)12-6-19/h1-12,16-17H,13-15,30-31H2. The van der Waals surface area contributed by atoms with Crippen molar-refractivity contribution in [1.29, 1.82) is 0 Å². The van der Waals surface area contributed by atoms with Crippen LogP contribution >= 0.6 is 0 Å². The molecule has 4 rings (SSSR count). The quantitative estimate of drug-likeness (QED) is 0.386. The van der Waals surface area contributed by atoms with Crippen molar-refractivity contribution in [2.75, 3.05) is 11.5 Å². The Balaban J connectivity index is 1.44. The molecule has 0 heterocycles. The monoisotopic (exact) mass is 414 g/mol. The Morgan fingerprint density at radius 1 is 0.452 bits per heavy atom. The third-order valence-corrected chi connectivity index (χ3v) is 5.39. The molecule has 0 aliphatic heterocycles. The molecule has 0 radical (unpaired) electrons. The second-order valence-electron chi connectivity index (χ2n) is 7.87. The molecule has 2 nitrogen and oxygen atoms in total. The Morgan fingerprint density at radius 2 is 0.806 bits per heavy atom. The normalized spacial score (nSPS) is 10.9. The van der Waals surface area contributed by atoms with Gasteiger partial charge in [0.2, 0.25) is 0 Å². The van der Waals surface area contributed by atoms with Gasteiger partial charge in [0.15, 0.2) is 0 Å². The summed E-state index contributed by atoms with van der Waals surface area (Å²) in [5.41, 5.74) is 17.6. The summed E-state index contributed by atoms with van der Waals surface area (Å²) in [6.07, 6.45) is 1.47.